The zero-order valence-corrected chi connectivity index (χ0v) is 20.8. The first-order valence-electron chi connectivity index (χ1n) is 9.76. The van der Waals surface area contributed by atoms with Crippen molar-refractivity contribution in [3.63, 3.8) is 0 Å². The minimum absolute atomic E-state index is 0.123. The van der Waals surface area contributed by atoms with Crippen LogP contribution in [0, 0.1) is 0 Å². The summed E-state index contributed by atoms with van der Waals surface area (Å²) in [5.41, 5.74) is 6.91. The lowest BCUT2D eigenvalue weighted by Gasteiger charge is -2.16. The number of aldehydes is 1. The summed E-state index contributed by atoms with van der Waals surface area (Å²) in [7, 11) is 0. The molecular weight excluding hydrogens is 476 g/mol. The van der Waals surface area contributed by atoms with Crippen molar-refractivity contribution in [1.82, 2.24) is 15.0 Å². The van der Waals surface area contributed by atoms with Crippen LogP contribution in [0.2, 0.25) is 5.15 Å². The number of azo groups is 1. The Morgan fingerprint density at radius 2 is 1.55 bits per heavy atom. The molecular formula is C18H23ClN8OS3. The van der Waals surface area contributed by atoms with Crippen molar-refractivity contribution in [2.75, 3.05) is 41.7 Å². The molecule has 0 radical (unpaired) electrons. The van der Waals surface area contributed by atoms with Crippen molar-refractivity contribution in [2.45, 2.75) is 27.7 Å². The lowest BCUT2D eigenvalue weighted by atomic mass is 10.4. The van der Waals surface area contributed by atoms with Gasteiger partial charge in [0.15, 0.2) is 26.7 Å². The van der Waals surface area contributed by atoms with Crippen molar-refractivity contribution in [1.29, 1.82) is 0 Å². The van der Waals surface area contributed by atoms with Crippen molar-refractivity contribution >= 4 is 78.1 Å². The zero-order chi connectivity index (χ0) is 22.5. The molecule has 166 valence electrons. The van der Waals surface area contributed by atoms with E-state index in [9.17, 15) is 4.79 Å². The number of halogens is 1. The topological polar surface area (TPSA) is 113 Å². The number of nitrogen functional groups attached to an aromatic ring is 1. The number of aromatic nitrogens is 3. The molecule has 0 saturated carbocycles. The van der Waals surface area contributed by atoms with Gasteiger partial charge in [0.1, 0.15) is 21.3 Å². The summed E-state index contributed by atoms with van der Waals surface area (Å²) < 4.78 is 0. The molecule has 0 aromatic carbocycles. The Hall–Kier alpha value is -2.15. The van der Waals surface area contributed by atoms with Crippen LogP contribution >= 0.6 is 45.6 Å². The average Bonchev–Trinajstić information content (AvgIpc) is 3.45. The van der Waals surface area contributed by atoms with Gasteiger partial charge in [-0.15, -0.1) is 10.2 Å². The molecule has 0 aliphatic heterocycles. The average molecular weight is 499 g/mol. The van der Waals surface area contributed by atoms with Gasteiger partial charge in [0.25, 0.3) is 0 Å². The first-order chi connectivity index (χ1) is 14.9. The van der Waals surface area contributed by atoms with Crippen LogP contribution in [-0.2, 0) is 0 Å². The smallest absolute Gasteiger partial charge is 0.232 e. The third-order valence-corrected chi connectivity index (χ3v) is 7.86. The second kappa shape index (κ2) is 10.4. The summed E-state index contributed by atoms with van der Waals surface area (Å²) in [5.74, 6) is 0.417. The summed E-state index contributed by atoms with van der Waals surface area (Å²) in [6.45, 7) is 11.6. The first kappa shape index (κ1) is 23.5. The SMILES string of the molecule is CCN(CC)c1nc(-c2sc(N(CC)CC)nc2N)c(/N=N/c2nc(Cl)c(C=O)s2)s1. The summed E-state index contributed by atoms with van der Waals surface area (Å²) in [5, 5.41) is 11.3. The fourth-order valence-electron chi connectivity index (χ4n) is 2.77. The van der Waals surface area contributed by atoms with E-state index in [1.165, 1.54) is 22.7 Å². The molecule has 3 aromatic heterocycles. The number of carbonyl (C=O) groups is 1. The van der Waals surface area contributed by atoms with Crippen LogP contribution in [0.25, 0.3) is 10.6 Å². The van der Waals surface area contributed by atoms with Gasteiger partial charge < -0.3 is 15.5 Å². The molecule has 0 unspecified atom stereocenters. The number of carbonyl (C=O) groups excluding carboxylic acids is 1. The summed E-state index contributed by atoms with van der Waals surface area (Å²) in [4.78, 5) is 29.8. The maximum absolute atomic E-state index is 11.0. The number of rotatable bonds is 10. The first-order valence-corrected chi connectivity index (χ1v) is 12.6. The quantitative estimate of drug-likeness (QED) is 0.274. The van der Waals surface area contributed by atoms with E-state index in [0.717, 1.165) is 52.7 Å². The minimum atomic E-state index is 0.123. The normalized spacial score (nSPS) is 11.4. The van der Waals surface area contributed by atoms with Crippen molar-refractivity contribution in [3.8, 4) is 10.6 Å². The third-order valence-electron chi connectivity index (χ3n) is 4.45. The Morgan fingerprint density at radius 3 is 2.10 bits per heavy atom. The molecule has 2 N–H and O–H groups in total. The van der Waals surface area contributed by atoms with E-state index in [2.05, 4.69) is 57.7 Å². The molecule has 0 aliphatic carbocycles. The van der Waals surface area contributed by atoms with Crippen molar-refractivity contribution in [3.05, 3.63) is 10.0 Å². The van der Waals surface area contributed by atoms with E-state index in [4.69, 9.17) is 22.3 Å². The van der Waals surface area contributed by atoms with Crippen LogP contribution in [0.5, 0.6) is 0 Å². The highest BCUT2D eigenvalue weighted by Gasteiger charge is 2.23. The number of nitrogens with two attached hydrogens (primary N) is 1. The van der Waals surface area contributed by atoms with Crippen LogP contribution in [0.3, 0.4) is 0 Å². The van der Waals surface area contributed by atoms with Gasteiger partial charge in [-0.1, -0.05) is 45.6 Å². The van der Waals surface area contributed by atoms with Crippen molar-refractivity contribution < 1.29 is 4.79 Å². The van der Waals surface area contributed by atoms with Gasteiger partial charge in [0.05, 0.1) is 0 Å². The molecule has 13 heteroatoms. The largest absolute Gasteiger partial charge is 0.382 e. The molecule has 31 heavy (non-hydrogen) atoms. The van der Waals surface area contributed by atoms with Crippen molar-refractivity contribution in [2.24, 2.45) is 10.2 Å². The van der Waals surface area contributed by atoms with E-state index in [-0.39, 0.29) is 5.15 Å². The van der Waals surface area contributed by atoms with E-state index in [0.29, 0.717) is 32.8 Å². The summed E-state index contributed by atoms with van der Waals surface area (Å²) >= 11 is 9.93. The molecule has 0 aliphatic rings. The number of hydrogen-bond donors (Lipinski definition) is 1. The standard InChI is InChI=1S/C18H23ClN8OS3/c1-5-26(6-2)17-21-11(12-14(20)23-18(30-12)27(7-3)8-4)15(31-17)24-25-16-22-13(19)10(9-28)29-16/h9H,5-8,20H2,1-4H3/b25-24+. The highest BCUT2D eigenvalue weighted by Crippen LogP contribution is 2.46. The van der Waals surface area contributed by atoms with Gasteiger partial charge >= 0.3 is 0 Å². The van der Waals surface area contributed by atoms with Gasteiger partial charge in [-0.05, 0) is 27.7 Å². The van der Waals surface area contributed by atoms with Gasteiger partial charge in [0.2, 0.25) is 5.13 Å². The fourth-order valence-corrected chi connectivity index (χ4v) is 5.85. The van der Waals surface area contributed by atoms with E-state index in [1.54, 1.807) is 0 Å². The van der Waals surface area contributed by atoms with Gasteiger partial charge in [0, 0.05) is 26.2 Å². The highest BCUT2D eigenvalue weighted by molar-refractivity contribution is 7.22. The lowest BCUT2D eigenvalue weighted by Crippen LogP contribution is -2.21. The molecule has 3 aromatic rings. The van der Waals surface area contributed by atoms with Crippen LogP contribution in [0.4, 0.5) is 26.2 Å². The molecule has 0 bridgehead atoms. The molecule has 0 amide bonds. The summed E-state index contributed by atoms with van der Waals surface area (Å²) in [6.07, 6.45) is 0.655. The highest BCUT2D eigenvalue weighted by atomic mass is 35.5. The second-order valence-electron chi connectivity index (χ2n) is 6.17. The Kier molecular flexibility index (Phi) is 7.92. The molecule has 9 nitrogen and oxygen atoms in total. The van der Waals surface area contributed by atoms with E-state index >= 15 is 0 Å². The molecule has 0 saturated heterocycles. The van der Waals surface area contributed by atoms with Gasteiger partial charge in [-0.25, -0.2) is 15.0 Å². The zero-order valence-electron chi connectivity index (χ0n) is 17.6. The molecule has 3 heterocycles. The number of anilines is 3. The van der Waals surface area contributed by atoms with E-state index < -0.39 is 0 Å². The number of nitrogens with zero attached hydrogens (tertiary/aromatic N) is 7. The predicted octanol–water partition coefficient (Wildman–Crippen LogP) is 5.88. The lowest BCUT2D eigenvalue weighted by molar-refractivity contribution is 0.112. The van der Waals surface area contributed by atoms with Crippen LogP contribution in [-0.4, -0.2) is 47.4 Å². The maximum Gasteiger partial charge on any atom is 0.232 e. The van der Waals surface area contributed by atoms with Gasteiger partial charge in [-0.2, -0.15) is 0 Å². The maximum atomic E-state index is 11.0. The third kappa shape index (κ3) is 5.03. The van der Waals surface area contributed by atoms with Gasteiger partial charge in [-0.3, -0.25) is 4.79 Å². The Labute approximate surface area is 197 Å². The molecule has 0 spiro atoms. The Bertz CT molecular complexity index is 1070. The monoisotopic (exact) mass is 498 g/mol. The number of thiazole rings is 3. The number of hydrogen-bond acceptors (Lipinski definition) is 12. The minimum Gasteiger partial charge on any atom is -0.382 e. The Morgan fingerprint density at radius 1 is 0.935 bits per heavy atom. The molecule has 0 atom stereocenters. The summed E-state index contributed by atoms with van der Waals surface area (Å²) in [6, 6.07) is 0. The predicted molar refractivity (Wildman–Crippen MR) is 131 cm³/mol. The second-order valence-corrected chi connectivity index (χ2v) is 9.48. The van der Waals surface area contributed by atoms with Crippen LogP contribution in [0.15, 0.2) is 10.2 Å². The van der Waals surface area contributed by atoms with Crippen LogP contribution < -0.4 is 15.5 Å². The molecule has 0 fully saturated rings. The Balaban J connectivity index is 2.06. The molecule has 3 rings (SSSR count). The fraction of sp³-hybridized carbons (Fsp3) is 0.444. The van der Waals surface area contributed by atoms with E-state index in [1.807, 2.05) is 0 Å². The van der Waals surface area contributed by atoms with Crippen LogP contribution in [0.1, 0.15) is 37.4 Å².